The van der Waals surface area contributed by atoms with Crippen LogP contribution in [0.15, 0.2) is 76.6 Å². The van der Waals surface area contributed by atoms with Crippen LogP contribution in [-0.2, 0) is 6.61 Å². The van der Waals surface area contributed by atoms with Gasteiger partial charge in [-0.25, -0.2) is 0 Å². The third-order valence-corrected chi connectivity index (χ3v) is 5.63. The average molecular weight is 463 g/mol. The van der Waals surface area contributed by atoms with Crippen molar-refractivity contribution in [2.45, 2.75) is 19.4 Å². The van der Waals surface area contributed by atoms with Crippen molar-refractivity contribution in [3.8, 4) is 23.3 Å². The van der Waals surface area contributed by atoms with Gasteiger partial charge in [0.2, 0.25) is 5.88 Å². The summed E-state index contributed by atoms with van der Waals surface area (Å²) in [4.78, 5) is 0. The molecule has 6 heteroatoms. The van der Waals surface area contributed by atoms with E-state index in [0.717, 1.165) is 21.2 Å². The molecule has 0 bridgehead atoms. The highest BCUT2D eigenvalue weighted by atomic mass is 79.9. The van der Waals surface area contributed by atoms with Crippen LogP contribution >= 0.6 is 15.9 Å². The van der Waals surface area contributed by atoms with E-state index in [1.165, 1.54) is 11.6 Å². The molecule has 0 aliphatic carbocycles. The Morgan fingerprint density at radius 2 is 1.90 bits per heavy atom. The Morgan fingerprint density at radius 1 is 1.13 bits per heavy atom. The van der Waals surface area contributed by atoms with Crippen LogP contribution in [0.4, 0.5) is 0 Å². The van der Waals surface area contributed by atoms with Crippen molar-refractivity contribution in [2.75, 3.05) is 0 Å². The normalized spacial score (nSPS) is 15.2. The van der Waals surface area contributed by atoms with Crippen molar-refractivity contribution in [1.82, 2.24) is 0 Å². The average Bonchev–Trinajstić information content (AvgIpc) is 2.73. The number of nitrogens with zero attached hydrogens (tertiary/aromatic N) is 1. The molecule has 3 aromatic rings. The zero-order valence-corrected chi connectivity index (χ0v) is 17.8. The van der Waals surface area contributed by atoms with Crippen LogP contribution in [0.2, 0.25) is 0 Å². The number of halogens is 1. The van der Waals surface area contributed by atoms with Crippen LogP contribution in [-0.4, -0.2) is 5.11 Å². The van der Waals surface area contributed by atoms with Crippen molar-refractivity contribution in [1.29, 1.82) is 5.26 Å². The Bertz CT molecular complexity index is 1180. The van der Waals surface area contributed by atoms with E-state index >= 15 is 0 Å². The van der Waals surface area contributed by atoms with Crippen LogP contribution in [0.3, 0.4) is 0 Å². The van der Waals surface area contributed by atoms with Gasteiger partial charge < -0.3 is 20.3 Å². The molecule has 0 radical (unpaired) electrons. The van der Waals surface area contributed by atoms with E-state index in [4.69, 9.17) is 15.2 Å². The molecule has 4 rings (SSSR count). The van der Waals surface area contributed by atoms with E-state index in [1.807, 2.05) is 37.3 Å². The Morgan fingerprint density at radius 3 is 2.60 bits per heavy atom. The third kappa shape index (κ3) is 3.85. The lowest BCUT2D eigenvalue weighted by Crippen LogP contribution is -2.21. The molecule has 1 aliphatic heterocycles. The molecule has 0 saturated heterocycles. The van der Waals surface area contributed by atoms with Gasteiger partial charge >= 0.3 is 0 Å². The molecular formula is C24H19BrN2O3. The van der Waals surface area contributed by atoms with Gasteiger partial charge in [-0.15, -0.1) is 0 Å². The first-order valence-electron chi connectivity index (χ1n) is 9.34. The Kier molecular flexibility index (Phi) is 5.39. The molecular weight excluding hydrogens is 444 g/mol. The van der Waals surface area contributed by atoms with Crippen molar-refractivity contribution in [3.05, 3.63) is 98.8 Å². The maximum Gasteiger partial charge on any atom is 0.205 e. The summed E-state index contributed by atoms with van der Waals surface area (Å²) >= 11 is 3.58. The van der Waals surface area contributed by atoms with E-state index in [1.54, 1.807) is 12.1 Å². The monoisotopic (exact) mass is 462 g/mol. The van der Waals surface area contributed by atoms with Gasteiger partial charge in [-0.3, -0.25) is 0 Å². The number of phenolic OH excluding ortho intramolecular Hbond substituents is 1. The predicted octanol–water partition coefficient (Wildman–Crippen LogP) is 5.26. The highest BCUT2D eigenvalue weighted by molar-refractivity contribution is 9.10. The van der Waals surface area contributed by atoms with Gasteiger partial charge in [-0.1, -0.05) is 42.0 Å². The molecule has 0 spiro atoms. The number of rotatable bonds is 4. The Hall–Kier alpha value is -3.43. The first-order chi connectivity index (χ1) is 14.5. The molecule has 30 heavy (non-hydrogen) atoms. The number of ether oxygens (including phenoxy) is 2. The molecule has 1 atom stereocenters. The summed E-state index contributed by atoms with van der Waals surface area (Å²) in [5.41, 5.74) is 10.2. The number of aromatic hydroxyl groups is 1. The highest BCUT2D eigenvalue weighted by Crippen LogP contribution is 2.44. The van der Waals surface area contributed by atoms with Crippen molar-refractivity contribution in [2.24, 2.45) is 5.73 Å². The second kappa shape index (κ2) is 8.13. The molecule has 3 aromatic carbocycles. The summed E-state index contributed by atoms with van der Waals surface area (Å²) in [6.45, 7) is 2.50. The molecule has 0 saturated carbocycles. The van der Waals surface area contributed by atoms with E-state index in [2.05, 4.69) is 34.1 Å². The number of hydrogen-bond donors (Lipinski definition) is 2. The molecule has 1 aliphatic rings. The fourth-order valence-electron chi connectivity index (χ4n) is 3.45. The summed E-state index contributed by atoms with van der Waals surface area (Å²) in [7, 11) is 0. The number of allylic oxidation sites excluding steroid dienone is 1. The Balaban J connectivity index is 1.65. The van der Waals surface area contributed by atoms with Gasteiger partial charge in [0.15, 0.2) is 0 Å². The lowest BCUT2D eigenvalue weighted by Gasteiger charge is -2.26. The molecule has 0 fully saturated rings. The maximum atomic E-state index is 9.78. The van der Waals surface area contributed by atoms with Crippen LogP contribution in [0.5, 0.6) is 17.2 Å². The summed E-state index contributed by atoms with van der Waals surface area (Å²) < 4.78 is 12.3. The molecule has 3 N–H and O–H groups in total. The van der Waals surface area contributed by atoms with Crippen molar-refractivity contribution < 1.29 is 14.6 Å². The standard InChI is InChI=1S/C24H19BrN2O3/c1-14-2-4-15(5-3-14)13-29-21-9-6-16(10-20(21)25)23-18-8-7-17(28)11-22(18)30-24(27)19(23)12-26/h2-11,23,28H,13,27H2,1H3/t23-/m1/s1. The van der Waals surface area contributed by atoms with Crippen LogP contribution in [0.1, 0.15) is 28.2 Å². The van der Waals surface area contributed by atoms with Gasteiger partial charge in [0.05, 0.1) is 10.4 Å². The molecule has 1 heterocycles. The number of aryl methyl sites for hydroxylation is 1. The number of nitriles is 1. The number of benzene rings is 3. The van der Waals surface area contributed by atoms with E-state index < -0.39 is 5.92 Å². The molecule has 0 unspecified atom stereocenters. The van der Waals surface area contributed by atoms with Gasteiger partial charge in [-0.05, 0) is 52.2 Å². The van der Waals surface area contributed by atoms with E-state index in [0.29, 0.717) is 23.7 Å². The van der Waals surface area contributed by atoms with E-state index in [-0.39, 0.29) is 11.6 Å². The zero-order valence-electron chi connectivity index (χ0n) is 16.2. The first-order valence-corrected chi connectivity index (χ1v) is 10.1. The van der Waals surface area contributed by atoms with Gasteiger partial charge in [0.25, 0.3) is 0 Å². The fraction of sp³-hybridized carbons (Fsp3) is 0.125. The van der Waals surface area contributed by atoms with Crippen LogP contribution < -0.4 is 15.2 Å². The summed E-state index contributed by atoms with van der Waals surface area (Å²) in [5, 5.41) is 19.5. The van der Waals surface area contributed by atoms with Gasteiger partial charge in [0.1, 0.15) is 35.5 Å². The van der Waals surface area contributed by atoms with Gasteiger partial charge in [0, 0.05) is 11.6 Å². The summed E-state index contributed by atoms with van der Waals surface area (Å²) in [6, 6.07) is 20.9. The topological polar surface area (TPSA) is 88.5 Å². The SMILES string of the molecule is Cc1ccc(COc2ccc([C@H]3C(C#N)=C(N)Oc4cc(O)ccc43)cc2Br)cc1. The first kappa shape index (κ1) is 19.9. The van der Waals surface area contributed by atoms with Crippen LogP contribution in [0.25, 0.3) is 0 Å². The molecule has 5 nitrogen and oxygen atoms in total. The third-order valence-electron chi connectivity index (χ3n) is 5.01. The second-order valence-corrected chi connectivity index (χ2v) is 7.97. The van der Waals surface area contributed by atoms with Crippen molar-refractivity contribution in [3.63, 3.8) is 0 Å². The number of hydrogen-bond acceptors (Lipinski definition) is 5. The quantitative estimate of drug-likeness (QED) is 0.551. The number of fused-ring (bicyclic) bond motifs is 1. The lowest BCUT2D eigenvalue weighted by molar-refractivity contribution is 0.304. The minimum absolute atomic E-state index is 0.0384. The maximum absolute atomic E-state index is 9.78. The summed E-state index contributed by atoms with van der Waals surface area (Å²) in [5.74, 6) is 0.847. The van der Waals surface area contributed by atoms with Crippen LogP contribution in [0, 0.1) is 18.3 Å². The predicted molar refractivity (Wildman–Crippen MR) is 117 cm³/mol. The molecule has 0 amide bonds. The van der Waals surface area contributed by atoms with Gasteiger partial charge in [-0.2, -0.15) is 5.26 Å². The molecule has 150 valence electrons. The highest BCUT2D eigenvalue weighted by Gasteiger charge is 2.31. The minimum atomic E-state index is -0.401. The number of nitrogens with two attached hydrogens (primary N) is 1. The summed E-state index contributed by atoms with van der Waals surface area (Å²) in [6.07, 6.45) is 0. The second-order valence-electron chi connectivity index (χ2n) is 7.11. The lowest BCUT2D eigenvalue weighted by atomic mass is 9.83. The van der Waals surface area contributed by atoms with E-state index in [9.17, 15) is 10.4 Å². The largest absolute Gasteiger partial charge is 0.508 e. The molecule has 0 aromatic heterocycles. The number of phenols is 1. The minimum Gasteiger partial charge on any atom is -0.508 e. The smallest absolute Gasteiger partial charge is 0.205 e. The van der Waals surface area contributed by atoms with Crippen molar-refractivity contribution >= 4 is 15.9 Å². The fourth-order valence-corrected chi connectivity index (χ4v) is 3.96. The zero-order chi connectivity index (χ0) is 21.3. The Labute approximate surface area is 183 Å².